The molecule has 0 saturated carbocycles. The van der Waals surface area contributed by atoms with E-state index in [0.29, 0.717) is 17.1 Å². The van der Waals surface area contributed by atoms with Crippen LogP contribution in [0.15, 0.2) is 24.4 Å². The van der Waals surface area contributed by atoms with Crippen LogP contribution < -0.4 is 5.32 Å². The summed E-state index contributed by atoms with van der Waals surface area (Å²) in [7, 11) is 0. The molecule has 0 bridgehead atoms. The molecular weight excluding hydrogens is 352 g/mol. The number of nitriles is 1. The van der Waals surface area contributed by atoms with Crippen molar-refractivity contribution in [2.45, 2.75) is 52.8 Å². The van der Waals surface area contributed by atoms with Gasteiger partial charge in [-0.2, -0.15) is 10.4 Å². The third-order valence-corrected chi connectivity index (χ3v) is 4.13. The Bertz CT molecular complexity index is 846. The molecule has 138 valence electrons. The van der Waals surface area contributed by atoms with E-state index in [1.54, 1.807) is 10.7 Å². The second-order valence-corrected chi connectivity index (χ2v) is 7.56. The highest BCUT2D eigenvalue weighted by atomic mass is 35.5. The number of halogens is 1. The molecule has 2 rings (SSSR count). The fourth-order valence-corrected chi connectivity index (χ4v) is 2.70. The van der Waals surface area contributed by atoms with Crippen molar-refractivity contribution in [3.8, 4) is 17.3 Å². The molecule has 26 heavy (non-hydrogen) atoms. The standard InChI is InChI=1S/C19H23ClN4O2/c1-12(22-18(25)26-19(3,4)5)11-24-9-8-16(23-24)15-7-6-14(10-21)17(20)13(15)2/h6-9,12H,11H2,1-5H3,(H,22,25). The number of nitrogens with one attached hydrogen (secondary N) is 1. The maximum atomic E-state index is 11.8. The Labute approximate surface area is 158 Å². The van der Waals surface area contributed by atoms with Crippen molar-refractivity contribution in [2.24, 2.45) is 0 Å². The van der Waals surface area contributed by atoms with Crippen molar-refractivity contribution in [2.75, 3.05) is 0 Å². The second-order valence-electron chi connectivity index (χ2n) is 7.18. The molecule has 1 heterocycles. The molecule has 1 aromatic heterocycles. The Morgan fingerprint density at radius 1 is 1.42 bits per heavy atom. The lowest BCUT2D eigenvalue weighted by Crippen LogP contribution is -2.39. The van der Waals surface area contributed by atoms with Crippen LogP contribution in [0.3, 0.4) is 0 Å². The highest BCUT2D eigenvalue weighted by Gasteiger charge is 2.18. The molecular formula is C19H23ClN4O2. The summed E-state index contributed by atoms with van der Waals surface area (Å²) in [5, 5.41) is 16.8. The molecule has 0 saturated heterocycles. The molecule has 0 fully saturated rings. The van der Waals surface area contributed by atoms with Crippen molar-refractivity contribution < 1.29 is 9.53 Å². The zero-order chi connectivity index (χ0) is 19.5. The van der Waals surface area contributed by atoms with E-state index in [1.165, 1.54) is 0 Å². The van der Waals surface area contributed by atoms with Gasteiger partial charge in [-0.25, -0.2) is 4.79 Å². The monoisotopic (exact) mass is 374 g/mol. The first-order chi connectivity index (χ1) is 12.1. The normalized spacial score (nSPS) is 12.3. The number of amides is 1. The van der Waals surface area contributed by atoms with E-state index in [4.69, 9.17) is 21.6 Å². The smallest absolute Gasteiger partial charge is 0.407 e. The van der Waals surface area contributed by atoms with Gasteiger partial charge in [0, 0.05) is 17.8 Å². The molecule has 2 aromatic rings. The van der Waals surface area contributed by atoms with Crippen LogP contribution in [0.5, 0.6) is 0 Å². The number of hydrogen-bond donors (Lipinski definition) is 1. The van der Waals surface area contributed by atoms with Crippen LogP contribution in [0.1, 0.15) is 38.8 Å². The van der Waals surface area contributed by atoms with Crippen molar-refractivity contribution in [1.29, 1.82) is 5.26 Å². The molecule has 0 aliphatic heterocycles. The summed E-state index contributed by atoms with van der Waals surface area (Å²) in [6.07, 6.45) is 1.39. The van der Waals surface area contributed by atoms with Crippen LogP contribution in [-0.4, -0.2) is 27.5 Å². The molecule has 1 N–H and O–H groups in total. The molecule has 1 amide bonds. The first-order valence-corrected chi connectivity index (χ1v) is 8.71. The Hall–Kier alpha value is -2.52. The predicted octanol–water partition coefficient (Wildman–Crippen LogP) is 4.30. The molecule has 6 nitrogen and oxygen atoms in total. The Balaban J connectivity index is 2.08. The van der Waals surface area contributed by atoms with Crippen molar-refractivity contribution >= 4 is 17.7 Å². The first-order valence-electron chi connectivity index (χ1n) is 8.33. The lowest BCUT2D eigenvalue weighted by molar-refractivity contribution is 0.0503. The third-order valence-electron chi connectivity index (χ3n) is 3.65. The Morgan fingerprint density at radius 2 is 2.12 bits per heavy atom. The fourth-order valence-electron chi connectivity index (χ4n) is 2.49. The number of benzene rings is 1. The number of alkyl carbamates (subject to hydrolysis) is 1. The summed E-state index contributed by atoms with van der Waals surface area (Å²) in [6, 6.07) is 7.33. The summed E-state index contributed by atoms with van der Waals surface area (Å²) in [5.74, 6) is 0. The zero-order valence-corrected chi connectivity index (χ0v) is 16.4. The van der Waals surface area contributed by atoms with Gasteiger partial charge in [-0.3, -0.25) is 4.68 Å². The van der Waals surface area contributed by atoms with Gasteiger partial charge in [0.15, 0.2) is 0 Å². The second kappa shape index (κ2) is 7.79. The van der Waals surface area contributed by atoms with Gasteiger partial charge in [0.25, 0.3) is 0 Å². The van der Waals surface area contributed by atoms with Crippen molar-refractivity contribution in [3.05, 3.63) is 40.5 Å². The number of carbonyl (C=O) groups excluding carboxylic acids is 1. The lowest BCUT2D eigenvalue weighted by Gasteiger charge is -2.21. The van der Waals surface area contributed by atoms with Crippen LogP contribution in [-0.2, 0) is 11.3 Å². The largest absolute Gasteiger partial charge is 0.444 e. The van der Waals surface area contributed by atoms with Gasteiger partial charge >= 0.3 is 6.09 Å². The van der Waals surface area contributed by atoms with E-state index in [1.807, 2.05) is 52.9 Å². The van der Waals surface area contributed by atoms with Crippen molar-refractivity contribution in [3.63, 3.8) is 0 Å². The average molecular weight is 375 g/mol. The molecule has 1 aromatic carbocycles. The lowest BCUT2D eigenvalue weighted by atomic mass is 10.0. The maximum absolute atomic E-state index is 11.8. The van der Waals surface area contributed by atoms with Crippen LogP contribution in [0.2, 0.25) is 5.02 Å². The molecule has 1 unspecified atom stereocenters. The highest BCUT2D eigenvalue weighted by molar-refractivity contribution is 6.32. The molecule has 1 atom stereocenters. The molecule has 0 aliphatic rings. The minimum Gasteiger partial charge on any atom is -0.444 e. The maximum Gasteiger partial charge on any atom is 0.407 e. The van der Waals surface area contributed by atoms with Crippen LogP contribution in [0, 0.1) is 18.3 Å². The number of aromatic nitrogens is 2. The minimum atomic E-state index is -0.533. The zero-order valence-electron chi connectivity index (χ0n) is 15.6. The number of hydrogen-bond acceptors (Lipinski definition) is 4. The summed E-state index contributed by atoms with van der Waals surface area (Å²) < 4.78 is 7.00. The summed E-state index contributed by atoms with van der Waals surface area (Å²) >= 11 is 6.23. The van der Waals surface area contributed by atoms with E-state index in [-0.39, 0.29) is 6.04 Å². The molecule has 7 heteroatoms. The van der Waals surface area contributed by atoms with E-state index < -0.39 is 11.7 Å². The van der Waals surface area contributed by atoms with E-state index in [2.05, 4.69) is 16.5 Å². The average Bonchev–Trinajstić information content (AvgIpc) is 2.95. The fraction of sp³-hybridized carbons (Fsp3) is 0.421. The summed E-state index contributed by atoms with van der Waals surface area (Å²) in [5.41, 5.74) is 2.37. The van der Waals surface area contributed by atoms with Crippen LogP contribution in [0.4, 0.5) is 4.79 Å². The molecule has 0 radical (unpaired) electrons. The van der Waals surface area contributed by atoms with E-state index in [0.717, 1.165) is 16.8 Å². The molecule has 0 spiro atoms. The minimum absolute atomic E-state index is 0.150. The summed E-state index contributed by atoms with van der Waals surface area (Å²) in [6.45, 7) is 9.72. The first kappa shape index (κ1) is 19.8. The van der Waals surface area contributed by atoms with E-state index in [9.17, 15) is 4.79 Å². The van der Waals surface area contributed by atoms with Gasteiger partial charge in [-0.1, -0.05) is 17.7 Å². The SMILES string of the molecule is Cc1c(-c2ccn(CC(C)NC(=O)OC(C)(C)C)n2)ccc(C#N)c1Cl. The van der Waals surface area contributed by atoms with Crippen LogP contribution in [0.25, 0.3) is 11.3 Å². The predicted molar refractivity (Wildman–Crippen MR) is 101 cm³/mol. The van der Waals surface area contributed by atoms with Crippen LogP contribution >= 0.6 is 11.6 Å². The van der Waals surface area contributed by atoms with Gasteiger partial charge < -0.3 is 10.1 Å². The van der Waals surface area contributed by atoms with Gasteiger partial charge in [-0.15, -0.1) is 0 Å². The quantitative estimate of drug-likeness (QED) is 0.865. The molecule has 0 aliphatic carbocycles. The number of nitrogens with zero attached hydrogens (tertiary/aromatic N) is 3. The number of carbonyl (C=O) groups is 1. The van der Waals surface area contributed by atoms with Gasteiger partial charge in [0.05, 0.1) is 22.8 Å². The van der Waals surface area contributed by atoms with Crippen molar-refractivity contribution in [1.82, 2.24) is 15.1 Å². The number of rotatable bonds is 4. The third kappa shape index (κ3) is 4.99. The topological polar surface area (TPSA) is 79.9 Å². The summed E-state index contributed by atoms with van der Waals surface area (Å²) in [4.78, 5) is 11.8. The van der Waals surface area contributed by atoms with Gasteiger partial charge in [-0.05, 0) is 52.3 Å². The Morgan fingerprint density at radius 3 is 2.73 bits per heavy atom. The van der Waals surface area contributed by atoms with E-state index >= 15 is 0 Å². The van der Waals surface area contributed by atoms with Gasteiger partial charge in [0.1, 0.15) is 11.7 Å². The highest BCUT2D eigenvalue weighted by Crippen LogP contribution is 2.29. The number of ether oxygens (including phenoxy) is 1. The Kier molecular flexibility index (Phi) is 5.94. The van der Waals surface area contributed by atoms with Gasteiger partial charge in [0.2, 0.25) is 0 Å².